The number of aliphatic imine (C=N–C) groups is 2. The molecule has 2 aromatic heterocycles. The second kappa shape index (κ2) is 11.6. The Morgan fingerprint density at radius 3 is 1.18 bits per heavy atom. The first-order valence-electron chi connectivity index (χ1n) is 20.2. The van der Waals surface area contributed by atoms with Crippen molar-refractivity contribution in [3.8, 4) is 44.5 Å². The van der Waals surface area contributed by atoms with Crippen LogP contribution in [0.5, 0.6) is 0 Å². The Labute approximate surface area is 337 Å². The van der Waals surface area contributed by atoms with Crippen molar-refractivity contribution in [1.29, 1.82) is 0 Å². The molecule has 0 bridgehead atoms. The fraction of sp³-hybridized carbons (Fsp3) is 0.294. The molecule has 4 aliphatic rings. The zero-order chi connectivity index (χ0) is 39.9. The van der Waals surface area contributed by atoms with E-state index in [1.54, 1.807) is 0 Å². The van der Waals surface area contributed by atoms with Gasteiger partial charge in [0.25, 0.3) is 0 Å². The minimum atomic E-state index is -0.506. The van der Waals surface area contributed by atoms with Gasteiger partial charge in [-0.15, -0.1) is 0 Å². The maximum absolute atomic E-state index is 5.07. The standard InChI is InChI=1S/C51H50N6/c1-31-54-47(3,4)49(7,8)56(31)37-23-35(27-52-29-37)33-19-21-41-42-22-20-34(36-24-38(30-53-28-36)57-32(2)55-48(5,6)50(57,9)10)26-46(42)51(45(41)25-33)43-17-13-11-15-39(43)40-16-12-14-18-44(40)51/h11-30H,1-10H3. The molecule has 57 heavy (non-hydrogen) atoms. The SMILES string of the molecule is CC1=NC(C)(C)C(C)(C)N1c1cncc(-c2ccc3c(c2)C2(c4ccccc4-c4ccccc42)c2cc(-c4cncc(N5C(C)=NC(C)(C)C5(C)C)c4)ccc2-3)c1. The average molecular weight is 747 g/mol. The van der Waals surface area contributed by atoms with Gasteiger partial charge >= 0.3 is 0 Å². The molecule has 0 saturated carbocycles. The highest BCUT2D eigenvalue weighted by atomic mass is 15.3. The van der Waals surface area contributed by atoms with Crippen LogP contribution in [-0.4, -0.2) is 43.8 Å². The Morgan fingerprint density at radius 1 is 0.404 bits per heavy atom. The Morgan fingerprint density at radius 2 is 0.789 bits per heavy atom. The highest BCUT2D eigenvalue weighted by Crippen LogP contribution is 2.63. The van der Waals surface area contributed by atoms with Crippen molar-refractivity contribution >= 4 is 23.0 Å². The molecule has 0 amide bonds. The van der Waals surface area contributed by atoms with E-state index >= 15 is 0 Å². The van der Waals surface area contributed by atoms with Crippen LogP contribution < -0.4 is 9.80 Å². The topological polar surface area (TPSA) is 57.0 Å². The first kappa shape index (κ1) is 35.5. The molecule has 4 heterocycles. The summed E-state index contributed by atoms with van der Waals surface area (Å²) >= 11 is 0. The Hall–Kier alpha value is -5.88. The minimum absolute atomic E-state index is 0.210. The van der Waals surface area contributed by atoms with Crippen molar-refractivity contribution in [3.63, 3.8) is 0 Å². The summed E-state index contributed by atoms with van der Waals surface area (Å²) in [7, 11) is 0. The molecule has 0 saturated heterocycles. The summed E-state index contributed by atoms with van der Waals surface area (Å²) in [5, 5.41) is 0. The van der Waals surface area contributed by atoms with Gasteiger partial charge in [0.1, 0.15) is 11.7 Å². The summed E-state index contributed by atoms with van der Waals surface area (Å²) in [6.45, 7) is 22.2. The number of fused-ring (bicyclic) bond motifs is 10. The normalized spacial score (nSPS) is 19.5. The van der Waals surface area contributed by atoms with Gasteiger partial charge in [-0.2, -0.15) is 0 Å². The van der Waals surface area contributed by atoms with E-state index in [1.165, 1.54) is 44.5 Å². The van der Waals surface area contributed by atoms with Crippen LogP contribution in [0.3, 0.4) is 0 Å². The van der Waals surface area contributed by atoms with E-state index < -0.39 is 5.41 Å². The monoisotopic (exact) mass is 746 g/mol. The molecular weight excluding hydrogens is 697 g/mol. The van der Waals surface area contributed by atoms with E-state index in [-0.39, 0.29) is 22.2 Å². The van der Waals surface area contributed by atoms with Crippen LogP contribution >= 0.6 is 0 Å². The molecule has 2 aliphatic heterocycles. The third-order valence-corrected chi connectivity index (χ3v) is 14.4. The molecule has 0 radical (unpaired) electrons. The molecule has 1 spiro atoms. The third kappa shape index (κ3) is 4.64. The second-order valence-corrected chi connectivity index (χ2v) is 18.5. The molecule has 0 atom stereocenters. The molecule has 0 N–H and O–H groups in total. The fourth-order valence-corrected chi connectivity index (χ4v) is 10.5. The number of aromatic nitrogens is 2. The number of anilines is 2. The molecule has 0 unspecified atom stereocenters. The summed E-state index contributed by atoms with van der Waals surface area (Å²) < 4.78 is 0. The van der Waals surface area contributed by atoms with Crippen LogP contribution in [-0.2, 0) is 5.41 Å². The Kier molecular flexibility index (Phi) is 7.23. The summed E-state index contributed by atoms with van der Waals surface area (Å²) in [5.74, 6) is 2.03. The van der Waals surface area contributed by atoms with Gasteiger partial charge in [-0.1, -0.05) is 72.8 Å². The van der Waals surface area contributed by atoms with Crippen molar-refractivity contribution < 1.29 is 0 Å². The number of pyridine rings is 2. The molecule has 0 fully saturated rings. The van der Waals surface area contributed by atoms with Gasteiger partial charge in [0.2, 0.25) is 0 Å². The minimum Gasteiger partial charge on any atom is -0.321 e. The lowest BCUT2D eigenvalue weighted by Gasteiger charge is -2.41. The van der Waals surface area contributed by atoms with Gasteiger partial charge in [0.15, 0.2) is 0 Å². The highest BCUT2D eigenvalue weighted by Gasteiger charge is 2.53. The van der Waals surface area contributed by atoms with Crippen molar-refractivity contribution in [1.82, 2.24) is 9.97 Å². The van der Waals surface area contributed by atoms with E-state index in [2.05, 4.69) is 176 Å². The predicted octanol–water partition coefficient (Wildman–Crippen LogP) is 11.7. The molecule has 6 aromatic rings. The Balaban J connectivity index is 1.15. The molecular formula is C51H50N6. The molecule has 2 aliphatic carbocycles. The van der Waals surface area contributed by atoms with Crippen LogP contribution in [0.15, 0.2) is 132 Å². The Bertz CT molecular complexity index is 2560. The predicted molar refractivity (Wildman–Crippen MR) is 237 cm³/mol. The van der Waals surface area contributed by atoms with Crippen molar-refractivity contribution in [2.24, 2.45) is 9.98 Å². The second-order valence-electron chi connectivity index (χ2n) is 18.5. The zero-order valence-corrected chi connectivity index (χ0v) is 34.7. The summed E-state index contributed by atoms with van der Waals surface area (Å²) in [6.07, 6.45) is 7.96. The smallest absolute Gasteiger partial charge is 0.102 e. The van der Waals surface area contributed by atoms with Crippen LogP contribution in [0, 0.1) is 0 Å². The van der Waals surface area contributed by atoms with Crippen LogP contribution in [0.4, 0.5) is 11.4 Å². The van der Waals surface area contributed by atoms with Crippen LogP contribution in [0.1, 0.15) is 91.5 Å². The molecule has 4 aromatic carbocycles. The maximum Gasteiger partial charge on any atom is 0.102 e. The van der Waals surface area contributed by atoms with Crippen molar-refractivity contribution in [3.05, 3.63) is 144 Å². The lowest BCUT2D eigenvalue weighted by molar-refractivity contribution is 0.338. The highest BCUT2D eigenvalue weighted by molar-refractivity contribution is 6.02. The van der Waals surface area contributed by atoms with Crippen molar-refractivity contribution in [2.45, 2.75) is 96.8 Å². The lowest BCUT2D eigenvalue weighted by atomic mass is 9.70. The number of hydrogen-bond donors (Lipinski definition) is 0. The quantitative estimate of drug-likeness (QED) is 0.180. The van der Waals surface area contributed by atoms with Crippen LogP contribution in [0.25, 0.3) is 44.5 Å². The van der Waals surface area contributed by atoms with Gasteiger partial charge in [-0.05, 0) is 149 Å². The van der Waals surface area contributed by atoms with E-state index in [0.29, 0.717) is 0 Å². The largest absolute Gasteiger partial charge is 0.321 e. The molecule has 10 rings (SSSR count). The maximum atomic E-state index is 5.07. The van der Waals surface area contributed by atoms with Gasteiger partial charge in [-0.3, -0.25) is 20.0 Å². The number of nitrogens with zero attached hydrogens (tertiary/aromatic N) is 6. The van der Waals surface area contributed by atoms with Crippen LogP contribution in [0.2, 0.25) is 0 Å². The zero-order valence-electron chi connectivity index (χ0n) is 34.7. The van der Waals surface area contributed by atoms with E-state index in [4.69, 9.17) is 20.0 Å². The summed E-state index contributed by atoms with van der Waals surface area (Å²) in [6, 6.07) is 36.7. The first-order chi connectivity index (χ1) is 27.1. The number of hydrogen-bond acceptors (Lipinski definition) is 6. The third-order valence-electron chi connectivity index (χ3n) is 14.4. The molecule has 6 heteroatoms. The number of rotatable bonds is 4. The van der Waals surface area contributed by atoms with Gasteiger partial charge in [-0.25, -0.2) is 0 Å². The number of benzene rings is 4. The molecule has 284 valence electrons. The summed E-state index contributed by atoms with van der Waals surface area (Å²) in [4.78, 5) is 24.5. The van der Waals surface area contributed by atoms with Gasteiger partial charge < -0.3 is 9.80 Å². The van der Waals surface area contributed by atoms with E-state index in [1.807, 2.05) is 24.8 Å². The summed E-state index contributed by atoms with van der Waals surface area (Å²) in [5.41, 5.74) is 15.6. The van der Waals surface area contributed by atoms with Crippen molar-refractivity contribution in [2.75, 3.05) is 9.80 Å². The lowest BCUT2D eigenvalue weighted by Crippen LogP contribution is -2.53. The average Bonchev–Trinajstić information content (AvgIpc) is 3.75. The fourth-order valence-electron chi connectivity index (χ4n) is 10.5. The molecule has 6 nitrogen and oxygen atoms in total. The van der Waals surface area contributed by atoms with Gasteiger partial charge in [0.05, 0.1) is 51.3 Å². The van der Waals surface area contributed by atoms with Gasteiger partial charge in [0, 0.05) is 23.5 Å². The van der Waals surface area contributed by atoms with E-state index in [9.17, 15) is 0 Å². The van der Waals surface area contributed by atoms with E-state index in [0.717, 1.165) is 45.3 Å². The first-order valence-corrected chi connectivity index (χ1v) is 20.2. The number of amidine groups is 2.